The Labute approximate surface area is 150 Å². The Balaban J connectivity index is 0.00000208. The van der Waals surface area contributed by atoms with Crippen LogP contribution in [0.5, 0.6) is 5.75 Å². The van der Waals surface area contributed by atoms with Gasteiger partial charge >= 0.3 is 0 Å². The Morgan fingerprint density at radius 3 is 2.58 bits per heavy atom. The van der Waals surface area contributed by atoms with Crippen molar-refractivity contribution in [2.45, 2.75) is 58.2 Å². The zero-order valence-electron chi connectivity index (χ0n) is 14.7. The first-order chi connectivity index (χ1) is 11.0. The summed E-state index contributed by atoms with van der Waals surface area (Å²) in [5.74, 6) is 1.99. The van der Waals surface area contributed by atoms with Crippen LogP contribution in [0.15, 0.2) is 24.3 Å². The molecule has 5 unspecified atom stereocenters. The molecule has 2 bridgehead atoms. The van der Waals surface area contributed by atoms with E-state index in [4.69, 9.17) is 10.5 Å². The largest absolute Gasteiger partial charge is 0.491 e. The number of carbonyl (C=O) groups is 1. The minimum absolute atomic E-state index is 0. The number of fused-ring (bicyclic) bond motifs is 2. The molecule has 2 aliphatic carbocycles. The lowest BCUT2D eigenvalue weighted by Gasteiger charge is -2.28. The summed E-state index contributed by atoms with van der Waals surface area (Å²) in [4.78, 5) is 12.7. The number of halogens is 1. The molecule has 3 N–H and O–H groups in total. The molecule has 5 atom stereocenters. The molecule has 2 aliphatic rings. The summed E-state index contributed by atoms with van der Waals surface area (Å²) in [7, 11) is 0. The highest BCUT2D eigenvalue weighted by Crippen LogP contribution is 2.47. The molecule has 2 fully saturated rings. The molecule has 1 aromatic rings. The number of benzene rings is 1. The highest BCUT2D eigenvalue weighted by atomic mass is 35.5. The SMILES string of the molecule is CC(C)Oc1cccc(C(C)NC(=O)C2C3CCC(C3)C2N)c1.Cl. The summed E-state index contributed by atoms with van der Waals surface area (Å²) in [6.45, 7) is 6.04. The monoisotopic (exact) mass is 352 g/mol. The van der Waals surface area contributed by atoms with E-state index in [9.17, 15) is 4.79 Å². The van der Waals surface area contributed by atoms with Crippen LogP contribution in [-0.4, -0.2) is 18.1 Å². The van der Waals surface area contributed by atoms with Gasteiger partial charge in [0.05, 0.1) is 18.1 Å². The van der Waals surface area contributed by atoms with Gasteiger partial charge in [-0.15, -0.1) is 12.4 Å². The highest BCUT2D eigenvalue weighted by Gasteiger charge is 2.49. The molecule has 1 aromatic carbocycles. The van der Waals surface area contributed by atoms with Crippen molar-refractivity contribution in [2.24, 2.45) is 23.5 Å². The van der Waals surface area contributed by atoms with Gasteiger partial charge in [0.2, 0.25) is 5.91 Å². The topological polar surface area (TPSA) is 64.3 Å². The van der Waals surface area contributed by atoms with Crippen LogP contribution in [0.25, 0.3) is 0 Å². The maximum absolute atomic E-state index is 12.7. The molecule has 0 saturated heterocycles. The van der Waals surface area contributed by atoms with Crippen molar-refractivity contribution < 1.29 is 9.53 Å². The van der Waals surface area contributed by atoms with Crippen molar-refractivity contribution >= 4 is 18.3 Å². The van der Waals surface area contributed by atoms with E-state index in [0.717, 1.165) is 24.2 Å². The van der Waals surface area contributed by atoms with E-state index in [-0.39, 0.29) is 42.4 Å². The standard InChI is InChI=1S/C19H28N2O2.ClH/c1-11(2)23-16-6-4-5-13(10-16)12(3)21-19(22)17-14-7-8-15(9-14)18(17)20;/h4-6,10-12,14-15,17-18H,7-9,20H2,1-3H3,(H,21,22);1H. The van der Waals surface area contributed by atoms with Crippen LogP contribution in [0.2, 0.25) is 0 Å². The first-order valence-corrected chi connectivity index (χ1v) is 8.78. The average Bonchev–Trinajstić information content (AvgIpc) is 3.07. The summed E-state index contributed by atoms with van der Waals surface area (Å²) in [5.41, 5.74) is 7.34. The minimum Gasteiger partial charge on any atom is -0.491 e. The Morgan fingerprint density at radius 1 is 1.25 bits per heavy atom. The molecule has 4 nitrogen and oxygen atoms in total. The van der Waals surface area contributed by atoms with E-state index in [2.05, 4.69) is 5.32 Å². The molecule has 0 heterocycles. The molecule has 0 radical (unpaired) electrons. The van der Waals surface area contributed by atoms with E-state index in [1.165, 1.54) is 6.42 Å². The maximum Gasteiger partial charge on any atom is 0.225 e. The van der Waals surface area contributed by atoms with Gasteiger partial charge < -0.3 is 15.8 Å². The maximum atomic E-state index is 12.7. The van der Waals surface area contributed by atoms with Gasteiger partial charge in [-0.05, 0) is 69.6 Å². The van der Waals surface area contributed by atoms with E-state index < -0.39 is 0 Å². The lowest BCUT2D eigenvalue weighted by Crippen LogP contribution is -2.45. The van der Waals surface area contributed by atoms with E-state index in [1.54, 1.807) is 0 Å². The molecule has 24 heavy (non-hydrogen) atoms. The van der Waals surface area contributed by atoms with Crippen LogP contribution in [0, 0.1) is 17.8 Å². The lowest BCUT2D eigenvalue weighted by molar-refractivity contribution is -0.127. The summed E-state index contributed by atoms with van der Waals surface area (Å²) >= 11 is 0. The van der Waals surface area contributed by atoms with Crippen LogP contribution >= 0.6 is 12.4 Å². The Morgan fingerprint density at radius 2 is 1.96 bits per heavy atom. The zero-order chi connectivity index (χ0) is 16.6. The van der Waals surface area contributed by atoms with Crippen LogP contribution in [0.1, 0.15) is 51.6 Å². The van der Waals surface area contributed by atoms with Crippen molar-refractivity contribution in [1.29, 1.82) is 0 Å². The van der Waals surface area contributed by atoms with Gasteiger partial charge in [-0.25, -0.2) is 0 Å². The third-order valence-electron chi connectivity index (χ3n) is 5.37. The van der Waals surface area contributed by atoms with Gasteiger partial charge in [-0.1, -0.05) is 12.1 Å². The van der Waals surface area contributed by atoms with Crippen molar-refractivity contribution in [3.8, 4) is 5.75 Å². The number of carbonyl (C=O) groups excluding carboxylic acids is 1. The van der Waals surface area contributed by atoms with Crippen LogP contribution in [0.4, 0.5) is 0 Å². The van der Waals surface area contributed by atoms with Gasteiger partial charge in [-0.2, -0.15) is 0 Å². The van der Waals surface area contributed by atoms with Crippen LogP contribution in [-0.2, 0) is 4.79 Å². The first kappa shape index (κ1) is 19.1. The fraction of sp³-hybridized carbons (Fsp3) is 0.632. The van der Waals surface area contributed by atoms with E-state index >= 15 is 0 Å². The van der Waals surface area contributed by atoms with Gasteiger partial charge in [0, 0.05) is 6.04 Å². The van der Waals surface area contributed by atoms with Gasteiger partial charge in [-0.3, -0.25) is 4.79 Å². The Bertz CT molecular complexity index is 576. The molecule has 0 aromatic heterocycles. The smallest absolute Gasteiger partial charge is 0.225 e. The molecular weight excluding hydrogens is 324 g/mol. The molecule has 3 rings (SSSR count). The number of rotatable bonds is 5. The summed E-state index contributed by atoms with van der Waals surface area (Å²) in [6, 6.07) is 7.95. The number of nitrogens with two attached hydrogens (primary N) is 1. The van der Waals surface area contributed by atoms with Gasteiger partial charge in [0.25, 0.3) is 0 Å². The minimum atomic E-state index is -0.0375. The number of nitrogens with one attached hydrogen (secondary N) is 1. The second-order valence-corrected chi connectivity index (χ2v) is 7.41. The van der Waals surface area contributed by atoms with Gasteiger partial charge in [0.15, 0.2) is 0 Å². The zero-order valence-corrected chi connectivity index (χ0v) is 15.5. The van der Waals surface area contributed by atoms with Crippen molar-refractivity contribution in [3.63, 3.8) is 0 Å². The average molecular weight is 353 g/mol. The number of hydrogen-bond donors (Lipinski definition) is 2. The molecule has 1 amide bonds. The number of hydrogen-bond acceptors (Lipinski definition) is 3. The number of amides is 1. The molecule has 134 valence electrons. The molecule has 0 spiro atoms. The summed E-state index contributed by atoms with van der Waals surface area (Å²) < 4.78 is 5.73. The molecule has 0 aliphatic heterocycles. The van der Waals surface area contributed by atoms with Gasteiger partial charge in [0.1, 0.15) is 5.75 Å². The third kappa shape index (κ3) is 3.86. The predicted octanol–water partition coefficient (Wildman–Crippen LogP) is 3.45. The fourth-order valence-electron chi connectivity index (χ4n) is 4.25. The van der Waals surface area contributed by atoms with E-state index in [1.807, 2.05) is 45.0 Å². The van der Waals surface area contributed by atoms with Crippen molar-refractivity contribution in [1.82, 2.24) is 5.32 Å². The molecule has 2 saturated carbocycles. The predicted molar refractivity (Wildman–Crippen MR) is 98.3 cm³/mol. The highest BCUT2D eigenvalue weighted by molar-refractivity contribution is 5.85. The van der Waals surface area contributed by atoms with E-state index in [0.29, 0.717) is 11.8 Å². The normalized spacial score (nSPS) is 29.2. The Hall–Kier alpha value is -1.26. The molecular formula is C19H29ClN2O2. The summed E-state index contributed by atoms with van der Waals surface area (Å²) in [6.07, 6.45) is 3.62. The van der Waals surface area contributed by atoms with Crippen molar-refractivity contribution in [3.05, 3.63) is 29.8 Å². The first-order valence-electron chi connectivity index (χ1n) is 8.78. The Kier molecular flexibility index (Phi) is 6.16. The second-order valence-electron chi connectivity index (χ2n) is 7.41. The number of ether oxygens (including phenoxy) is 1. The third-order valence-corrected chi connectivity index (χ3v) is 5.37. The molecule has 5 heteroatoms. The quantitative estimate of drug-likeness (QED) is 0.853. The van der Waals surface area contributed by atoms with Crippen LogP contribution < -0.4 is 15.8 Å². The van der Waals surface area contributed by atoms with Crippen molar-refractivity contribution in [2.75, 3.05) is 0 Å². The summed E-state index contributed by atoms with van der Waals surface area (Å²) in [5, 5.41) is 3.16. The fourth-order valence-corrected chi connectivity index (χ4v) is 4.25. The second kappa shape index (κ2) is 7.75. The lowest BCUT2D eigenvalue weighted by atomic mass is 9.84. The van der Waals surface area contributed by atoms with Crippen LogP contribution in [0.3, 0.4) is 0 Å².